The maximum atomic E-state index is 12.6. The van der Waals surface area contributed by atoms with Gasteiger partial charge in [0.2, 0.25) is 5.91 Å². The Morgan fingerprint density at radius 3 is 2.30 bits per heavy atom. The number of hydrogen-bond acceptors (Lipinski definition) is 4. The number of aromatic nitrogens is 1. The average Bonchev–Trinajstić information content (AvgIpc) is 2.84. The second kappa shape index (κ2) is 7.31. The minimum absolute atomic E-state index is 0.0959. The highest BCUT2D eigenvalue weighted by Gasteiger charge is 2.18. The summed E-state index contributed by atoms with van der Waals surface area (Å²) in [6, 6.07) is 8.28. The van der Waals surface area contributed by atoms with Crippen molar-refractivity contribution in [3.8, 4) is 0 Å². The largest absolute Gasteiger partial charge is 0.378 e. The van der Waals surface area contributed by atoms with E-state index in [2.05, 4.69) is 34.3 Å². The van der Waals surface area contributed by atoms with Crippen molar-refractivity contribution in [2.75, 3.05) is 25.5 Å². The molecule has 1 aromatic heterocycles. The van der Waals surface area contributed by atoms with Crippen molar-refractivity contribution in [1.82, 2.24) is 10.1 Å². The Morgan fingerprint density at radius 1 is 1.17 bits per heavy atom. The predicted octanol–water partition coefficient (Wildman–Crippen LogP) is 2.95. The van der Waals surface area contributed by atoms with E-state index in [1.807, 2.05) is 39.8 Å². The lowest BCUT2D eigenvalue weighted by Crippen LogP contribution is -2.31. The molecule has 5 heteroatoms. The van der Waals surface area contributed by atoms with Gasteiger partial charge in [-0.1, -0.05) is 17.3 Å². The average molecular weight is 315 g/mol. The number of aryl methyl sites for hydroxylation is 2. The first-order valence-corrected chi connectivity index (χ1v) is 7.88. The number of hydrogen-bond donors (Lipinski definition) is 0. The third kappa shape index (κ3) is 4.12. The Hall–Kier alpha value is -2.30. The van der Waals surface area contributed by atoms with Crippen molar-refractivity contribution in [3.05, 3.63) is 46.8 Å². The Bertz CT molecular complexity index is 640. The molecule has 23 heavy (non-hydrogen) atoms. The van der Waals surface area contributed by atoms with E-state index in [1.165, 1.54) is 0 Å². The molecular weight excluding hydrogens is 290 g/mol. The monoisotopic (exact) mass is 315 g/mol. The molecule has 2 rings (SSSR count). The Labute approximate surface area is 137 Å². The number of benzene rings is 1. The van der Waals surface area contributed by atoms with E-state index in [4.69, 9.17) is 4.52 Å². The number of carbonyl (C=O) groups is 1. The van der Waals surface area contributed by atoms with Crippen LogP contribution in [-0.4, -0.2) is 36.6 Å². The Kier molecular flexibility index (Phi) is 5.42. The van der Waals surface area contributed by atoms with E-state index in [0.717, 1.165) is 28.3 Å². The van der Waals surface area contributed by atoms with E-state index < -0.39 is 0 Å². The zero-order chi connectivity index (χ0) is 17.0. The Morgan fingerprint density at radius 2 is 1.83 bits per heavy atom. The van der Waals surface area contributed by atoms with Crippen LogP contribution in [-0.2, 0) is 17.8 Å². The Balaban J connectivity index is 2.05. The summed E-state index contributed by atoms with van der Waals surface area (Å²) in [6.07, 6.45) is 0.338. The van der Waals surface area contributed by atoms with Gasteiger partial charge in [-0.2, -0.15) is 0 Å². The van der Waals surface area contributed by atoms with Gasteiger partial charge in [0.05, 0.1) is 12.1 Å². The van der Waals surface area contributed by atoms with Crippen LogP contribution >= 0.6 is 0 Å². The fourth-order valence-electron chi connectivity index (χ4n) is 2.51. The minimum Gasteiger partial charge on any atom is -0.378 e. The molecule has 0 unspecified atom stereocenters. The molecule has 0 atom stereocenters. The van der Waals surface area contributed by atoms with Crippen LogP contribution in [0.2, 0.25) is 0 Å². The molecule has 0 fully saturated rings. The normalized spacial score (nSPS) is 10.7. The minimum atomic E-state index is 0.0959. The van der Waals surface area contributed by atoms with Crippen LogP contribution in [0.4, 0.5) is 5.69 Å². The smallest absolute Gasteiger partial charge is 0.227 e. The highest BCUT2D eigenvalue weighted by atomic mass is 16.5. The third-order valence-electron chi connectivity index (χ3n) is 4.07. The van der Waals surface area contributed by atoms with Crippen molar-refractivity contribution in [1.29, 1.82) is 0 Å². The molecule has 1 heterocycles. The molecule has 0 aliphatic heterocycles. The van der Waals surface area contributed by atoms with Gasteiger partial charge in [0.1, 0.15) is 5.76 Å². The van der Waals surface area contributed by atoms with Crippen LogP contribution in [0.5, 0.6) is 0 Å². The molecule has 124 valence electrons. The van der Waals surface area contributed by atoms with Crippen molar-refractivity contribution in [2.24, 2.45) is 0 Å². The van der Waals surface area contributed by atoms with E-state index in [9.17, 15) is 4.79 Å². The van der Waals surface area contributed by atoms with E-state index in [0.29, 0.717) is 19.5 Å². The van der Waals surface area contributed by atoms with Gasteiger partial charge in [0, 0.05) is 38.4 Å². The summed E-state index contributed by atoms with van der Waals surface area (Å²) in [5, 5.41) is 3.91. The van der Waals surface area contributed by atoms with Gasteiger partial charge in [-0.15, -0.1) is 0 Å². The van der Waals surface area contributed by atoms with Gasteiger partial charge in [-0.25, -0.2) is 0 Å². The first kappa shape index (κ1) is 17.1. The molecular formula is C18H25N3O2. The topological polar surface area (TPSA) is 49.6 Å². The summed E-state index contributed by atoms with van der Waals surface area (Å²) in [6.45, 7) is 7.01. The quantitative estimate of drug-likeness (QED) is 0.822. The summed E-state index contributed by atoms with van der Waals surface area (Å²) in [5.41, 5.74) is 3.97. The molecule has 0 radical (unpaired) electrons. The molecule has 1 aromatic carbocycles. The lowest BCUT2D eigenvalue weighted by Gasteiger charge is -2.21. The second-order valence-electron chi connectivity index (χ2n) is 5.95. The lowest BCUT2D eigenvalue weighted by molar-refractivity contribution is -0.130. The summed E-state index contributed by atoms with van der Waals surface area (Å²) in [4.78, 5) is 16.5. The molecule has 0 aliphatic carbocycles. The summed E-state index contributed by atoms with van der Waals surface area (Å²) in [7, 11) is 4.03. The fraction of sp³-hybridized carbons (Fsp3) is 0.444. The standard InChI is InChI=1S/C18H25N3O2/c1-6-21(12-15-7-9-16(10-8-15)20(4)5)18(22)11-17-13(2)19-23-14(17)3/h7-10H,6,11-12H2,1-5H3. The predicted molar refractivity (Wildman–Crippen MR) is 91.5 cm³/mol. The van der Waals surface area contributed by atoms with Gasteiger partial charge in [0.15, 0.2) is 0 Å². The molecule has 0 bridgehead atoms. The highest BCUT2D eigenvalue weighted by molar-refractivity contribution is 5.79. The first-order valence-electron chi connectivity index (χ1n) is 7.88. The van der Waals surface area contributed by atoms with Crippen LogP contribution in [0.25, 0.3) is 0 Å². The zero-order valence-corrected chi connectivity index (χ0v) is 14.6. The highest BCUT2D eigenvalue weighted by Crippen LogP contribution is 2.17. The van der Waals surface area contributed by atoms with Crippen LogP contribution in [0.3, 0.4) is 0 Å². The van der Waals surface area contributed by atoms with Crippen LogP contribution in [0.15, 0.2) is 28.8 Å². The maximum Gasteiger partial charge on any atom is 0.227 e. The van der Waals surface area contributed by atoms with Crippen molar-refractivity contribution in [2.45, 2.75) is 33.7 Å². The van der Waals surface area contributed by atoms with Gasteiger partial charge in [-0.05, 0) is 38.5 Å². The fourth-order valence-corrected chi connectivity index (χ4v) is 2.51. The van der Waals surface area contributed by atoms with E-state index in [-0.39, 0.29) is 5.91 Å². The van der Waals surface area contributed by atoms with Gasteiger partial charge in [0.25, 0.3) is 0 Å². The van der Waals surface area contributed by atoms with Crippen molar-refractivity contribution < 1.29 is 9.32 Å². The second-order valence-corrected chi connectivity index (χ2v) is 5.95. The SMILES string of the molecule is CCN(Cc1ccc(N(C)C)cc1)C(=O)Cc1c(C)noc1C. The summed E-state index contributed by atoms with van der Waals surface area (Å²) >= 11 is 0. The van der Waals surface area contributed by atoms with Crippen LogP contribution in [0.1, 0.15) is 29.5 Å². The number of carbonyl (C=O) groups excluding carboxylic acids is 1. The number of rotatable bonds is 6. The molecule has 2 aromatic rings. The molecule has 5 nitrogen and oxygen atoms in total. The van der Waals surface area contributed by atoms with Crippen LogP contribution < -0.4 is 4.90 Å². The maximum absolute atomic E-state index is 12.6. The number of nitrogens with zero attached hydrogens (tertiary/aromatic N) is 3. The first-order chi connectivity index (χ1) is 10.9. The number of likely N-dealkylation sites (N-methyl/N-ethyl adjacent to an activating group) is 1. The molecule has 0 N–H and O–H groups in total. The molecule has 0 saturated heterocycles. The van der Waals surface area contributed by atoms with E-state index >= 15 is 0 Å². The number of amides is 1. The summed E-state index contributed by atoms with van der Waals surface area (Å²) in [5.74, 6) is 0.820. The molecule has 0 aliphatic rings. The van der Waals surface area contributed by atoms with E-state index in [1.54, 1.807) is 0 Å². The molecule has 1 amide bonds. The number of anilines is 1. The van der Waals surface area contributed by atoms with Gasteiger partial charge in [-0.3, -0.25) is 4.79 Å². The molecule has 0 spiro atoms. The third-order valence-corrected chi connectivity index (χ3v) is 4.07. The van der Waals surface area contributed by atoms with Crippen LogP contribution in [0, 0.1) is 13.8 Å². The summed E-state index contributed by atoms with van der Waals surface area (Å²) < 4.78 is 5.14. The van der Waals surface area contributed by atoms with Crippen molar-refractivity contribution in [3.63, 3.8) is 0 Å². The van der Waals surface area contributed by atoms with Gasteiger partial charge >= 0.3 is 0 Å². The zero-order valence-electron chi connectivity index (χ0n) is 14.6. The molecule has 0 saturated carbocycles. The lowest BCUT2D eigenvalue weighted by atomic mass is 10.1. The van der Waals surface area contributed by atoms with Gasteiger partial charge < -0.3 is 14.3 Å². The van der Waals surface area contributed by atoms with Crippen molar-refractivity contribution >= 4 is 11.6 Å².